The molecule has 2 rings (SSSR count). The number of allylic oxidation sites excluding steroid dienone is 1. The number of rotatable bonds is 4. The van der Waals surface area contributed by atoms with Crippen molar-refractivity contribution in [2.75, 3.05) is 13.2 Å². The summed E-state index contributed by atoms with van der Waals surface area (Å²) in [4.78, 5) is 10.7. The van der Waals surface area contributed by atoms with Crippen molar-refractivity contribution in [3.8, 4) is 11.5 Å². The van der Waals surface area contributed by atoms with E-state index in [9.17, 15) is 10.1 Å². The summed E-state index contributed by atoms with van der Waals surface area (Å²) < 4.78 is 10.9. The quantitative estimate of drug-likeness (QED) is 0.627. The van der Waals surface area contributed by atoms with E-state index in [1.54, 1.807) is 12.1 Å². The Bertz CT molecular complexity index is 554. The number of nitrogens with zero attached hydrogens (tertiary/aromatic N) is 1. The average Bonchev–Trinajstić information content (AvgIpc) is 2.37. The Kier molecular flexibility index (Phi) is 4.49. The zero-order chi connectivity index (χ0) is 14.7. The fourth-order valence-corrected chi connectivity index (χ4v) is 2.28. The van der Waals surface area contributed by atoms with Crippen LogP contribution in [0.3, 0.4) is 0 Å². The van der Waals surface area contributed by atoms with Crippen LogP contribution in [0.25, 0.3) is 6.08 Å². The molecule has 6 heteroatoms. The molecule has 0 aliphatic carbocycles. The van der Waals surface area contributed by atoms with Gasteiger partial charge in [0.05, 0.1) is 9.95 Å². The maximum absolute atomic E-state index is 11.1. The molecular weight excluding hydrogens is 282 g/mol. The van der Waals surface area contributed by atoms with Gasteiger partial charge in [0, 0.05) is 12.5 Å². The van der Waals surface area contributed by atoms with Crippen molar-refractivity contribution in [2.45, 2.75) is 20.3 Å². The van der Waals surface area contributed by atoms with Gasteiger partial charge in [0.15, 0.2) is 11.5 Å². The predicted octanol–water partition coefficient (Wildman–Crippen LogP) is 3.77. The molecular formula is C14H16ClNO4. The molecule has 0 spiro atoms. The molecule has 1 aromatic carbocycles. The fraction of sp³-hybridized carbons (Fsp3) is 0.429. The number of hydrogen-bond donors (Lipinski definition) is 0. The van der Waals surface area contributed by atoms with Crippen LogP contribution in [0.1, 0.15) is 25.8 Å². The minimum absolute atomic E-state index is 0.160. The molecule has 5 nitrogen and oxygen atoms in total. The average molecular weight is 298 g/mol. The largest absolute Gasteiger partial charge is 0.486 e. The van der Waals surface area contributed by atoms with E-state index in [2.05, 4.69) is 0 Å². The summed E-state index contributed by atoms with van der Waals surface area (Å²) in [6.07, 6.45) is 1.93. The number of benzene rings is 1. The van der Waals surface area contributed by atoms with E-state index in [-0.39, 0.29) is 16.5 Å². The third-order valence-electron chi connectivity index (χ3n) is 2.80. The molecule has 0 saturated carbocycles. The van der Waals surface area contributed by atoms with E-state index in [4.69, 9.17) is 21.1 Å². The van der Waals surface area contributed by atoms with Gasteiger partial charge in [0.2, 0.25) is 5.70 Å². The van der Waals surface area contributed by atoms with Crippen molar-refractivity contribution < 1.29 is 14.4 Å². The van der Waals surface area contributed by atoms with Gasteiger partial charge in [-0.3, -0.25) is 10.1 Å². The van der Waals surface area contributed by atoms with Crippen molar-refractivity contribution in [1.82, 2.24) is 0 Å². The highest BCUT2D eigenvalue weighted by molar-refractivity contribution is 6.32. The SMILES string of the molecule is CC(C)CC(=Cc1cc(Cl)c2c(c1)OCCO2)[N+](=O)[O-]. The number of nitro groups is 1. The van der Waals surface area contributed by atoms with E-state index in [1.165, 1.54) is 6.08 Å². The lowest BCUT2D eigenvalue weighted by atomic mass is 10.1. The first kappa shape index (κ1) is 14.7. The second-order valence-electron chi connectivity index (χ2n) is 5.02. The van der Waals surface area contributed by atoms with E-state index >= 15 is 0 Å². The maximum Gasteiger partial charge on any atom is 0.247 e. The second-order valence-corrected chi connectivity index (χ2v) is 5.42. The summed E-state index contributed by atoms with van der Waals surface area (Å²) in [5.74, 6) is 1.24. The normalized spacial score (nSPS) is 14.5. The Morgan fingerprint density at radius 3 is 2.80 bits per heavy atom. The molecule has 0 radical (unpaired) electrons. The van der Waals surface area contributed by atoms with Gasteiger partial charge in [-0.25, -0.2) is 0 Å². The molecule has 20 heavy (non-hydrogen) atoms. The highest BCUT2D eigenvalue weighted by Gasteiger charge is 2.18. The maximum atomic E-state index is 11.1. The number of halogens is 1. The zero-order valence-electron chi connectivity index (χ0n) is 11.4. The molecule has 1 aromatic rings. The molecule has 0 saturated heterocycles. The van der Waals surface area contributed by atoms with Gasteiger partial charge in [0.1, 0.15) is 13.2 Å². The lowest BCUT2D eigenvalue weighted by Crippen LogP contribution is -2.15. The van der Waals surface area contributed by atoms with Gasteiger partial charge >= 0.3 is 0 Å². The van der Waals surface area contributed by atoms with Crippen molar-refractivity contribution in [2.24, 2.45) is 5.92 Å². The van der Waals surface area contributed by atoms with E-state index in [0.717, 1.165) is 0 Å². The number of ether oxygens (including phenoxy) is 2. The van der Waals surface area contributed by atoms with E-state index in [0.29, 0.717) is 41.7 Å². The Labute approximate surface area is 122 Å². The predicted molar refractivity (Wildman–Crippen MR) is 76.9 cm³/mol. The minimum atomic E-state index is -0.356. The van der Waals surface area contributed by atoms with Gasteiger partial charge in [0.25, 0.3) is 0 Å². The summed E-state index contributed by atoms with van der Waals surface area (Å²) >= 11 is 6.11. The molecule has 0 N–H and O–H groups in total. The Hall–Kier alpha value is -1.75. The summed E-state index contributed by atoms with van der Waals surface area (Å²) in [6.45, 7) is 4.78. The number of hydrogen-bond acceptors (Lipinski definition) is 4. The van der Waals surface area contributed by atoms with Crippen molar-refractivity contribution in [3.63, 3.8) is 0 Å². The minimum Gasteiger partial charge on any atom is -0.486 e. The Balaban J connectivity index is 2.36. The van der Waals surface area contributed by atoms with Crippen molar-refractivity contribution in [3.05, 3.63) is 38.5 Å². The third-order valence-corrected chi connectivity index (χ3v) is 3.09. The van der Waals surface area contributed by atoms with Gasteiger partial charge in [-0.05, 0) is 23.6 Å². The summed E-state index contributed by atoms with van der Waals surface area (Å²) in [6, 6.07) is 3.36. The fourth-order valence-electron chi connectivity index (χ4n) is 2.01. The molecule has 0 atom stereocenters. The highest BCUT2D eigenvalue weighted by atomic mass is 35.5. The standard InChI is InChI=1S/C14H16ClNO4/c1-9(2)5-11(16(17)18)6-10-7-12(15)14-13(8-10)19-3-4-20-14/h6-9H,3-5H2,1-2H3. The Morgan fingerprint density at radius 2 is 2.15 bits per heavy atom. The zero-order valence-corrected chi connectivity index (χ0v) is 12.1. The smallest absolute Gasteiger partial charge is 0.247 e. The van der Waals surface area contributed by atoms with Crippen LogP contribution in [0.5, 0.6) is 11.5 Å². The van der Waals surface area contributed by atoms with Crippen LogP contribution in [0.4, 0.5) is 0 Å². The summed E-state index contributed by atoms with van der Waals surface area (Å²) in [5.41, 5.74) is 0.805. The number of fused-ring (bicyclic) bond motifs is 1. The highest BCUT2D eigenvalue weighted by Crippen LogP contribution is 2.39. The first-order valence-electron chi connectivity index (χ1n) is 6.41. The van der Waals surface area contributed by atoms with Crippen LogP contribution in [0, 0.1) is 16.0 Å². The van der Waals surface area contributed by atoms with Crippen LogP contribution in [-0.2, 0) is 0 Å². The van der Waals surface area contributed by atoms with Crippen molar-refractivity contribution >= 4 is 17.7 Å². The second kappa shape index (κ2) is 6.13. The van der Waals surface area contributed by atoms with Crippen LogP contribution >= 0.6 is 11.6 Å². The Morgan fingerprint density at radius 1 is 1.45 bits per heavy atom. The summed E-state index contributed by atoms with van der Waals surface area (Å²) in [5, 5.41) is 11.5. The van der Waals surface area contributed by atoms with E-state index in [1.807, 2.05) is 13.8 Å². The van der Waals surface area contributed by atoms with Gasteiger partial charge in [-0.15, -0.1) is 0 Å². The van der Waals surface area contributed by atoms with Crippen LogP contribution < -0.4 is 9.47 Å². The van der Waals surface area contributed by atoms with Crippen LogP contribution in [-0.4, -0.2) is 18.1 Å². The van der Waals surface area contributed by atoms with E-state index < -0.39 is 0 Å². The lowest BCUT2D eigenvalue weighted by Gasteiger charge is -2.19. The van der Waals surface area contributed by atoms with Crippen LogP contribution in [0.15, 0.2) is 17.8 Å². The molecule has 0 fully saturated rings. The molecule has 1 aliphatic heterocycles. The topological polar surface area (TPSA) is 61.6 Å². The van der Waals surface area contributed by atoms with Gasteiger partial charge in [-0.2, -0.15) is 0 Å². The molecule has 1 heterocycles. The molecule has 0 bridgehead atoms. The third kappa shape index (κ3) is 3.42. The van der Waals surface area contributed by atoms with Gasteiger partial charge in [-0.1, -0.05) is 25.4 Å². The molecule has 0 amide bonds. The summed E-state index contributed by atoms with van der Waals surface area (Å²) in [7, 11) is 0. The first-order valence-corrected chi connectivity index (χ1v) is 6.79. The molecule has 0 aromatic heterocycles. The monoisotopic (exact) mass is 297 g/mol. The van der Waals surface area contributed by atoms with Crippen molar-refractivity contribution in [1.29, 1.82) is 0 Å². The molecule has 1 aliphatic rings. The first-order chi connectivity index (χ1) is 9.47. The van der Waals surface area contributed by atoms with Gasteiger partial charge < -0.3 is 9.47 Å². The molecule has 0 unspecified atom stereocenters. The lowest BCUT2D eigenvalue weighted by molar-refractivity contribution is -0.427. The molecule has 108 valence electrons. The van der Waals surface area contributed by atoms with Crippen LogP contribution in [0.2, 0.25) is 5.02 Å².